The van der Waals surface area contributed by atoms with Gasteiger partial charge in [-0.1, -0.05) is 12.1 Å². The molecule has 2 fully saturated rings. The molecule has 3 aromatic rings. The van der Waals surface area contributed by atoms with Crippen LogP contribution in [0.4, 0.5) is 0 Å². The summed E-state index contributed by atoms with van der Waals surface area (Å²) in [5, 5.41) is 21.0. The maximum absolute atomic E-state index is 13.0. The predicted molar refractivity (Wildman–Crippen MR) is 152 cm³/mol. The van der Waals surface area contributed by atoms with Gasteiger partial charge in [0.15, 0.2) is 0 Å². The Labute approximate surface area is 240 Å². The average molecular weight is 549 g/mol. The van der Waals surface area contributed by atoms with E-state index in [1.54, 1.807) is 41.3 Å². The van der Waals surface area contributed by atoms with Gasteiger partial charge < -0.3 is 15.0 Å². The van der Waals surface area contributed by atoms with Gasteiger partial charge in [-0.05, 0) is 66.9 Å². The van der Waals surface area contributed by atoms with Crippen LogP contribution in [0.3, 0.4) is 0 Å². The largest absolute Gasteiger partial charge is 0.490 e. The molecule has 2 amide bonds. The average Bonchev–Trinajstić information content (AvgIpc) is 3.03. The smallest absolute Gasteiger partial charge is 0.272 e. The van der Waals surface area contributed by atoms with Gasteiger partial charge in [0, 0.05) is 57.8 Å². The summed E-state index contributed by atoms with van der Waals surface area (Å²) in [6, 6.07) is 22.3. The fourth-order valence-electron chi connectivity index (χ4n) is 5.24. The molecule has 2 aliphatic heterocycles. The highest BCUT2D eigenvalue weighted by Crippen LogP contribution is 2.21. The standard InChI is InChI=1S/C32H32N6O3/c33-19-23-1-3-25(4-2-23)22-37-15-11-27(12-16-37)36-31(39)26-7-10-30(35-21-26)32(40)38-17-13-29(14-18-38)41-28-8-5-24(20-34)6-9-28/h1-10,21,27,29H,11-18,22H2,(H,36,39). The van der Waals surface area contributed by atoms with Crippen LogP contribution in [0.5, 0.6) is 5.75 Å². The number of nitrogens with one attached hydrogen (secondary N) is 1. The predicted octanol–water partition coefficient (Wildman–Crippen LogP) is 3.90. The lowest BCUT2D eigenvalue weighted by molar-refractivity contribution is 0.0589. The molecule has 1 aromatic heterocycles. The third-order valence-electron chi connectivity index (χ3n) is 7.67. The van der Waals surface area contributed by atoms with Crippen molar-refractivity contribution in [1.82, 2.24) is 20.1 Å². The van der Waals surface area contributed by atoms with Crippen LogP contribution in [-0.2, 0) is 6.54 Å². The van der Waals surface area contributed by atoms with E-state index in [1.165, 1.54) is 11.8 Å². The van der Waals surface area contributed by atoms with E-state index >= 15 is 0 Å². The molecule has 1 N–H and O–H groups in total. The normalized spacial score (nSPS) is 16.4. The maximum Gasteiger partial charge on any atom is 0.272 e. The number of hydrogen-bond acceptors (Lipinski definition) is 7. The van der Waals surface area contributed by atoms with Gasteiger partial charge in [-0.25, -0.2) is 0 Å². The molecule has 2 aromatic carbocycles. The molecule has 0 bridgehead atoms. The number of rotatable bonds is 7. The van der Waals surface area contributed by atoms with E-state index in [1.807, 2.05) is 24.3 Å². The number of amides is 2. The summed E-state index contributed by atoms with van der Waals surface area (Å²) in [5.74, 6) is 0.393. The summed E-state index contributed by atoms with van der Waals surface area (Å²) in [4.78, 5) is 34.3. The number of likely N-dealkylation sites (tertiary alicyclic amines) is 2. The highest BCUT2D eigenvalue weighted by atomic mass is 16.5. The fourth-order valence-corrected chi connectivity index (χ4v) is 5.24. The number of nitrogens with zero attached hydrogens (tertiary/aromatic N) is 5. The molecule has 41 heavy (non-hydrogen) atoms. The number of carbonyl (C=O) groups is 2. The number of piperidine rings is 2. The fraction of sp³-hybridized carbons (Fsp3) is 0.344. The first-order valence-corrected chi connectivity index (χ1v) is 13.9. The summed E-state index contributed by atoms with van der Waals surface area (Å²) in [6.07, 6.45) is 4.61. The van der Waals surface area contributed by atoms with E-state index < -0.39 is 0 Å². The number of benzene rings is 2. The Morgan fingerprint density at radius 2 is 1.49 bits per heavy atom. The zero-order chi connectivity index (χ0) is 28.6. The molecular formula is C32H32N6O3. The second-order valence-corrected chi connectivity index (χ2v) is 10.5. The van der Waals surface area contributed by atoms with E-state index in [4.69, 9.17) is 15.3 Å². The number of ether oxygens (including phenoxy) is 1. The third-order valence-corrected chi connectivity index (χ3v) is 7.67. The van der Waals surface area contributed by atoms with Gasteiger partial charge >= 0.3 is 0 Å². The van der Waals surface area contributed by atoms with Crippen molar-refractivity contribution in [3.63, 3.8) is 0 Å². The molecule has 0 aliphatic carbocycles. The third kappa shape index (κ3) is 7.27. The molecule has 2 saturated heterocycles. The lowest BCUT2D eigenvalue weighted by Crippen LogP contribution is -2.44. The molecular weight excluding hydrogens is 516 g/mol. The van der Waals surface area contributed by atoms with E-state index in [0.717, 1.165) is 38.2 Å². The van der Waals surface area contributed by atoms with Gasteiger partial charge in [0.25, 0.3) is 11.8 Å². The van der Waals surface area contributed by atoms with Crippen LogP contribution < -0.4 is 10.1 Å². The molecule has 0 atom stereocenters. The van der Waals surface area contributed by atoms with Crippen molar-refractivity contribution in [2.24, 2.45) is 0 Å². The molecule has 208 valence electrons. The minimum Gasteiger partial charge on any atom is -0.490 e. The summed E-state index contributed by atoms with van der Waals surface area (Å²) in [5.41, 5.74) is 3.19. The number of carbonyl (C=O) groups excluding carboxylic acids is 2. The minimum atomic E-state index is -0.178. The van der Waals surface area contributed by atoms with Crippen LogP contribution >= 0.6 is 0 Å². The van der Waals surface area contributed by atoms with Crippen molar-refractivity contribution < 1.29 is 14.3 Å². The first kappa shape index (κ1) is 27.8. The van der Waals surface area contributed by atoms with E-state index in [-0.39, 0.29) is 24.0 Å². The van der Waals surface area contributed by atoms with Gasteiger partial charge in [-0.3, -0.25) is 19.5 Å². The van der Waals surface area contributed by atoms with Gasteiger partial charge in [0.1, 0.15) is 17.5 Å². The summed E-state index contributed by atoms with van der Waals surface area (Å²) in [7, 11) is 0. The zero-order valence-electron chi connectivity index (χ0n) is 22.8. The van der Waals surface area contributed by atoms with Gasteiger partial charge in [0.05, 0.1) is 28.8 Å². The minimum absolute atomic E-state index is 0.00820. The summed E-state index contributed by atoms with van der Waals surface area (Å²) < 4.78 is 6.01. The molecule has 0 unspecified atom stereocenters. The van der Waals surface area contributed by atoms with Crippen molar-refractivity contribution in [3.05, 3.63) is 94.8 Å². The van der Waals surface area contributed by atoms with Gasteiger partial charge in [0.2, 0.25) is 0 Å². The van der Waals surface area contributed by atoms with E-state index in [0.29, 0.717) is 48.3 Å². The van der Waals surface area contributed by atoms with Gasteiger partial charge in [-0.2, -0.15) is 10.5 Å². The van der Waals surface area contributed by atoms with Crippen molar-refractivity contribution in [2.75, 3.05) is 26.2 Å². The molecule has 5 rings (SSSR count). The molecule has 9 heteroatoms. The SMILES string of the molecule is N#Cc1ccc(CN2CCC(NC(=O)c3ccc(C(=O)N4CCC(Oc5ccc(C#N)cc5)CC4)nc3)CC2)cc1. The van der Waals surface area contributed by atoms with Crippen molar-refractivity contribution in [2.45, 2.75) is 44.4 Å². The Bertz CT molecular complexity index is 1430. The maximum atomic E-state index is 13.0. The topological polar surface area (TPSA) is 122 Å². The highest BCUT2D eigenvalue weighted by Gasteiger charge is 2.26. The summed E-state index contributed by atoms with van der Waals surface area (Å²) in [6.45, 7) is 3.71. The molecule has 0 radical (unpaired) electrons. The Kier molecular flexibility index (Phi) is 8.88. The second kappa shape index (κ2) is 13.1. The second-order valence-electron chi connectivity index (χ2n) is 10.5. The molecule has 9 nitrogen and oxygen atoms in total. The highest BCUT2D eigenvalue weighted by molar-refractivity contribution is 5.96. The van der Waals surface area contributed by atoms with E-state index in [2.05, 4.69) is 27.3 Å². The molecule has 0 saturated carbocycles. The first-order valence-electron chi connectivity index (χ1n) is 13.9. The van der Waals surface area contributed by atoms with Crippen LogP contribution in [0.25, 0.3) is 0 Å². The van der Waals surface area contributed by atoms with Crippen molar-refractivity contribution in [3.8, 4) is 17.9 Å². The van der Waals surface area contributed by atoms with Crippen LogP contribution in [0.1, 0.15) is 63.2 Å². The van der Waals surface area contributed by atoms with Crippen LogP contribution in [-0.4, -0.2) is 64.9 Å². The molecule has 0 spiro atoms. The Morgan fingerprint density at radius 1 is 0.854 bits per heavy atom. The Morgan fingerprint density at radius 3 is 2.07 bits per heavy atom. The number of aromatic nitrogens is 1. The van der Waals surface area contributed by atoms with Gasteiger partial charge in [-0.15, -0.1) is 0 Å². The molecule has 2 aliphatic rings. The number of nitriles is 2. The van der Waals surface area contributed by atoms with Crippen LogP contribution in [0, 0.1) is 22.7 Å². The molecule has 3 heterocycles. The summed E-state index contributed by atoms with van der Waals surface area (Å²) >= 11 is 0. The van der Waals surface area contributed by atoms with Crippen LogP contribution in [0.2, 0.25) is 0 Å². The first-order chi connectivity index (χ1) is 20.0. The lowest BCUT2D eigenvalue weighted by atomic mass is 10.0. The Balaban J connectivity index is 1.05. The van der Waals surface area contributed by atoms with E-state index in [9.17, 15) is 9.59 Å². The Hall–Kier alpha value is -4.73. The monoisotopic (exact) mass is 548 g/mol. The number of hydrogen-bond donors (Lipinski definition) is 1. The lowest BCUT2D eigenvalue weighted by Gasteiger charge is -2.32. The van der Waals surface area contributed by atoms with Crippen molar-refractivity contribution >= 4 is 11.8 Å². The van der Waals surface area contributed by atoms with Crippen molar-refractivity contribution in [1.29, 1.82) is 10.5 Å². The zero-order valence-corrected chi connectivity index (χ0v) is 22.8. The quantitative estimate of drug-likeness (QED) is 0.475. The number of pyridine rings is 1. The van der Waals surface area contributed by atoms with Crippen LogP contribution in [0.15, 0.2) is 66.9 Å².